The summed E-state index contributed by atoms with van der Waals surface area (Å²) in [5, 5.41) is 9.05. The van der Waals surface area contributed by atoms with E-state index in [1.807, 2.05) is 114 Å². The molecule has 0 unspecified atom stereocenters. The Morgan fingerprint density at radius 1 is 0.929 bits per heavy atom. The van der Waals surface area contributed by atoms with Crippen molar-refractivity contribution in [1.82, 2.24) is 4.90 Å². The van der Waals surface area contributed by atoms with Crippen molar-refractivity contribution in [3.8, 4) is 5.75 Å². The van der Waals surface area contributed by atoms with Crippen LogP contribution in [-0.4, -0.2) is 40.6 Å². The van der Waals surface area contributed by atoms with Gasteiger partial charge in [-0.15, -0.1) is 0 Å². The summed E-state index contributed by atoms with van der Waals surface area (Å²) >= 11 is 0. The predicted octanol–water partition coefficient (Wildman–Crippen LogP) is 6.35. The van der Waals surface area contributed by atoms with Crippen LogP contribution in [0.4, 0.5) is 0 Å². The second-order valence-corrected chi connectivity index (χ2v) is 10.7. The maximum absolute atomic E-state index is 14.7. The van der Waals surface area contributed by atoms with E-state index in [1.54, 1.807) is 0 Å². The lowest BCUT2D eigenvalue weighted by Crippen LogP contribution is -2.47. The molecule has 0 spiro atoms. The fourth-order valence-corrected chi connectivity index (χ4v) is 5.63. The number of carbonyl (C=O) groups is 1. The van der Waals surface area contributed by atoms with E-state index < -0.39 is 11.6 Å². The average Bonchev–Trinajstić information content (AvgIpc) is 3.39. The summed E-state index contributed by atoms with van der Waals surface area (Å²) in [5.74, 6) is 1.10. The summed E-state index contributed by atoms with van der Waals surface area (Å²) in [6, 6.07) is 35.9. The molecule has 2 heterocycles. The van der Waals surface area contributed by atoms with E-state index in [0.29, 0.717) is 44.2 Å². The van der Waals surface area contributed by atoms with Gasteiger partial charge in [0.2, 0.25) is 5.90 Å². The van der Waals surface area contributed by atoms with Crippen molar-refractivity contribution in [2.75, 3.05) is 13.2 Å². The van der Waals surface area contributed by atoms with Crippen molar-refractivity contribution in [3.63, 3.8) is 0 Å². The predicted molar refractivity (Wildman–Crippen MR) is 164 cm³/mol. The number of nitrogens with zero attached hydrogens (tertiary/aromatic N) is 2. The van der Waals surface area contributed by atoms with Gasteiger partial charge in [0, 0.05) is 43.7 Å². The molecule has 0 fully saturated rings. The van der Waals surface area contributed by atoms with Crippen LogP contribution in [-0.2, 0) is 22.6 Å². The first-order chi connectivity index (χ1) is 20.7. The first-order valence-corrected chi connectivity index (χ1v) is 14.4. The molecule has 0 bridgehead atoms. The summed E-state index contributed by atoms with van der Waals surface area (Å²) in [7, 11) is 0. The minimum atomic E-state index is -1.17. The van der Waals surface area contributed by atoms with E-state index in [4.69, 9.17) is 19.6 Å². The third-order valence-electron chi connectivity index (χ3n) is 7.75. The molecule has 6 heteroatoms. The van der Waals surface area contributed by atoms with Crippen LogP contribution in [0.3, 0.4) is 0 Å². The smallest absolute Gasteiger partial charge is 0.255 e. The molecule has 0 aromatic heterocycles. The molecule has 1 N–H and O–H groups in total. The van der Waals surface area contributed by atoms with Gasteiger partial charge in [0.25, 0.3) is 5.91 Å². The summed E-state index contributed by atoms with van der Waals surface area (Å²) in [4.78, 5) is 21.8. The van der Waals surface area contributed by atoms with Crippen LogP contribution in [0.25, 0.3) is 6.08 Å². The maximum atomic E-state index is 14.7. The lowest BCUT2D eigenvalue weighted by Gasteiger charge is -2.31. The van der Waals surface area contributed by atoms with E-state index in [-0.39, 0.29) is 12.5 Å². The number of hydrogen-bond donors (Lipinski definition) is 1. The van der Waals surface area contributed by atoms with Crippen LogP contribution in [0.5, 0.6) is 5.75 Å². The number of benzene rings is 4. The molecular formula is C36H34N2O4. The van der Waals surface area contributed by atoms with Crippen LogP contribution in [0.2, 0.25) is 0 Å². The molecule has 2 aliphatic heterocycles. The van der Waals surface area contributed by atoms with Gasteiger partial charge < -0.3 is 19.5 Å². The van der Waals surface area contributed by atoms with Gasteiger partial charge in [-0.05, 0) is 41.0 Å². The largest absolute Gasteiger partial charge is 0.494 e. The average molecular weight is 559 g/mol. The van der Waals surface area contributed by atoms with Crippen molar-refractivity contribution in [2.45, 2.75) is 37.6 Å². The van der Waals surface area contributed by atoms with Crippen molar-refractivity contribution < 1.29 is 19.4 Å². The van der Waals surface area contributed by atoms with E-state index in [2.05, 4.69) is 12.1 Å². The van der Waals surface area contributed by atoms with Gasteiger partial charge in [-0.3, -0.25) is 4.79 Å². The Kier molecular flexibility index (Phi) is 8.15. The zero-order valence-corrected chi connectivity index (χ0v) is 23.4. The van der Waals surface area contributed by atoms with Gasteiger partial charge in [-0.25, -0.2) is 4.99 Å². The Balaban J connectivity index is 1.41. The number of carbonyl (C=O) groups excluding carboxylic acids is 1. The minimum absolute atomic E-state index is 0.0516. The number of ether oxygens (including phenoxy) is 2. The number of aliphatic hydroxyl groups excluding tert-OH is 1. The molecule has 4 aromatic rings. The lowest BCUT2D eigenvalue weighted by atomic mass is 9.83. The van der Waals surface area contributed by atoms with Gasteiger partial charge in [0.15, 0.2) is 11.6 Å². The number of fused-ring (bicyclic) bond motifs is 3. The number of aliphatic hydroxyl groups is 1. The van der Waals surface area contributed by atoms with Gasteiger partial charge >= 0.3 is 0 Å². The van der Waals surface area contributed by atoms with Crippen LogP contribution in [0, 0.1) is 0 Å². The highest BCUT2D eigenvalue weighted by atomic mass is 16.5. The number of hydrogen-bond acceptors (Lipinski definition) is 5. The summed E-state index contributed by atoms with van der Waals surface area (Å²) in [6.07, 6.45) is 4.47. The molecule has 6 rings (SSSR count). The molecule has 0 radical (unpaired) electrons. The maximum Gasteiger partial charge on any atom is 0.255 e. The Morgan fingerprint density at radius 3 is 2.40 bits per heavy atom. The van der Waals surface area contributed by atoms with Gasteiger partial charge in [0.1, 0.15) is 5.75 Å². The number of amides is 1. The van der Waals surface area contributed by atoms with Gasteiger partial charge in [-0.1, -0.05) is 97.1 Å². The fourth-order valence-electron chi connectivity index (χ4n) is 5.63. The Labute approximate surface area is 246 Å². The number of aliphatic imine (C=N–C) groups is 1. The molecule has 42 heavy (non-hydrogen) atoms. The topological polar surface area (TPSA) is 71.4 Å². The van der Waals surface area contributed by atoms with Gasteiger partial charge in [-0.2, -0.15) is 0 Å². The van der Waals surface area contributed by atoms with Crippen molar-refractivity contribution in [2.24, 2.45) is 4.99 Å². The third kappa shape index (κ3) is 5.71. The molecule has 0 aliphatic carbocycles. The molecule has 6 nitrogen and oxygen atoms in total. The second kappa shape index (κ2) is 12.5. The van der Waals surface area contributed by atoms with Crippen LogP contribution in [0.1, 0.15) is 46.8 Å². The third-order valence-corrected chi connectivity index (χ3v) is 7.75. The van der Waals surface area contributed by atoms with E-state index in [1.165, 1.54) is 0 Å². The molecule has 212 valence electrons. The van der Waals surface area contributed by atoms with Crippen molar-refractivity contribution in [1.29, 1.82) is 0 Å². The highest BCUT2D eigenvalue weighted by molar-refractivity contribution is 6.01. The quantitative estimate of drug-likeness (QED) is 0.230. The molecule has 2 aliphatic rings. The van der Waals surface area contributed by atoms with E-state index >= 15 is 0 Å². The van der Waals surface area contributed by atoms with Crippen LogP contribution >= 0.6 is 0 Å². The van der Waals surface area contributed by atoms with E-state index in [9.17, 15) is 4.79 Å². The molecule has 4 aromatic carbocycles. The standard InChI is InChI=1S/C36H34N2O4/c39-23-10-24-41-31-20-18-29(19-21-31)34-37-36(22-9-15-27-11-3-1-4-12-27)33(42-34)32-17-8-7-16-30(32)26-38(35(36)40)25-28-13-5-2-6-14-28/h1-9,11-21,33,39H,10,22-26H2/b15-9+/t33-,36-/m0/s1. The first-order valence-electron chi connectivity index (χ1n) is 14.4. The van der Waals surface area contributed by atoms with Crippen LogP contribution < -0.4 is 4.74 Å². The molecule has 0 saturated heterocycles. The summed E-state index contributed by atoms with van der Waals surface area (Å²) in [5.41, 5.74) is 3.79. The van der Waals surface area contributed by atoms with Crippen molar-refractivity contribution >= 4 is 17.9 Å². The Bertz CT molecular complexity index is 1570. The summed E-state index contributed by atoms with van der Waals surface area (Å²) < 4.78 is 12.4. The Hall–Kier alpha value is -4.68. The Morgan fingerprint density at radius 2 is 1.64 bits per heavy atom. The normalized spacial score (nSPS) is 19.5. The molecule has 2 atom stereocenters. The van der Waals surface area contributed by atoms with Gasteiger partial charge in [0.05, 0.1) is 6.61 Å². The highest BCUT2D eigenvalue weighted by Gasteiger charge is 2.56. The van der Waals surface area contributed by atoms with Crippen molar-refractivity contribution in [3.05, 3.63) is 143 Å². The SMILES string of the molecule is O=C1N(Cc2ccccc2)Cc2ccccc2[C@@H]2OC(c3ccc(OCCCO)cc3)=N[C@]12C/C=C/c1ccccc1. The van der Waals surface area contributed by atoms with Crippen LogP contribution in [0.15, 0.2) is 120 Å². The number of rotatable bonds is 10. The van der Waals surface area contributed by atoms with E-state index in [0.717, 1.165) is 27.8 Å². The second-order valence-electron chi connectivity index (χ2n) is 10.7. The zero-order valence-electron chi connectivity index (χ0n) is 23.4. The lowest BCUT2D eigenvalue weighted by molar-refractivity contribution is -0.140. The fraction of sp³-hybridized carbons (Fsp3) is 0.222. The molecule has 1 amide bonds. The summed E-state index contributed by atoms with van der Waals surface area (Å²) in [6.45, 7) is 1.49. The molecular weight excluding hydrogens is 524 g/mol. The zero-order chi connectivity index (χ0) is 28.8. The molecule has 0 saturated carbocycles. The highest BCUT2D eigenvalue weighted by Crippen LogP contribution is 2.47. The minimum Gasteiger partial charge on any atom is -0.494 e. The first kappa shape index (κ1) is 27.5. The monoisotopic (exact) mass is 558 g/mol.